The number of hydrogen-bond acceptors (Lipinski definition) is 3. The maximum atomic E-state index is 12.6. The Kier molecular flexibility index (Phi) is 6.28. The lowest BCUT2D eigenvalue weighted by Crippen LogP contribution is -2.24. The molecule has 0 bridgehead atoms. The van der Waals surface area contributed by atoms with Crippen LogP contribution in [0.1, 0.15) is 21.5 Å². The number of carbonyl (C=O) groups is 1. The maximum absolute atomic E-state index is 12.6. The van der Waals surface area contributed by atoms with Gasteiger partial charge in [0.1, 0.15) is 0 Å². The molecular formula is C21H19BrN2O3S. The van der Waals surface area contributed by atoms with Crippen LogP contribution >= 0.6 is 15.9 Å². The lowest BCUT2D eigenvalue weighted by molar-refractivity contribution is 0.102. The van der Waals surface area contributed by atoms with Crippen LogP contribution in [0.4, 0.5) is 5.69 Å². The average Bonchev–Trinajstić information content (AvgIpc) is 2.69. The first kappa shape index (κ1) is 20.3. The van der Waals surface area contributed by atoms with E-state index in [0.29, 0.717) is 16.8 Å². The van der Waals surface area contributed by atoms with Gasteiger partial charge in [0.25, 0.3) is 5.91 Å². The SMILES string of the molecule is Cc1ccc(S(=O)(=O)NCc2ccccc2)cc1C(=O)Nc1ccc(Br)cc1. The van der Waals surface area contributed by atoms with Crippen molar-refractivity contribution in [2.24, 2.45) is 0 Å². The summed E-state index contributed by atoms with van der Waals surface area (Å²) in [6.45, 7) is 1.95. The molecule has 28 heavy (non-hydrogen) atoms. The fraction of sp³-hybridized carbons (Fsp3) is 0.0952. The van der Waals surface area contributed by atoms with Crippen molar-refractivity contribution < 1.29 is 13.2 Å². The van der Waals surface area contributed by atoms with Gasteiger partial charge in [-0.25, -0.2) is 13.1 Å². The molecule has 0 fully saturated rings. The topological polar surface area (TPSA) is 75.3 Å². The molecule has 0 unspecified atom stereocenters. The van der Waals surface area contributed by atoms with Crippen molar-refractivity contribution in [1.29, 1.82) is 0 Å². The zero-order chi connectivity index (χ0) is 20.1. The van der Waals surface area contributed by atoms with Gasteiger partial charge < -0.3 is 5.32 Å². The molecule has 5 nitrogen and oxygen atoms in total. The van der Waals surface area contributed by atoms with E-state index in [-0.39, 0.29) is 17.3 Å². The lowest BCUT2D eigenvalue weighted by Gasteiger charge is -2.11. The quantitative estimate of drug-likeness (QED) is 0.571. The van der Waals surface area contributed by atoms with Gasteiger partial charge in [-0.15, -0.1) is 0 Å². The molecule has 0 aliphatic rings. The number of hydrogen-bond donors (Lipinski definition) is 2. The van der Waals surface area contributed by atoms with Crippen LogP contribution in [0.3, 0.4) is 0 Å². The summed E-state index contributed by atoms with van der Waals surface area (Å²) in [5.41, 5.74) is 2.48. The Bertz CT molecular complexity index is 1080. The van der Waals surface area contributed by atoms with Gasteiger partial charge in [0.05, 0.1) is 4.90 Å². The molecule has 0 atom stereocenters. The van der Waals surface area contributed by atoms with E-state index in [1.54, 1.807) is 25.1 Å². The van der Waals surface area contributed by atoms with Gasteiger partial charge >= 0.3 is 0 Å². The number of amides is 1. The maximum Gasteiger partial charge on any atom is 0.255 e. The van der Waals surface area contributed by atoms with Gasteiger partial charge in [-0.05, 0) is 54.4 Å². The summed E-state index contributed by atoms with van der Waals surface area (Å²) in [6.07, 6.45) is 0. The van der Waals surface area contributed by atoms with Crippen LogP contribution in [0, 0.1) is 6.92 Å². The number of aryl methyl sites for hydroxylation is 1. The molecule has 0 heterocycles. The molecule has 0 aliphatic heterocycles. The van der Waals surface area contributed by atoms with Crippen LogP contribution in [-0.4, -0.2) is 14.3 Å². The summed E-state index contributed by atoms with van der Waals surface area (Å²) < 4.78 is 28.7. The molecule has 0 saturated carbocycles. The van der Waals surface area contributed by atoms with Crippen LogP contribution in [0.5, 0.6) is 0 Å². The monoisotopic (exact) mass is 458 g/mol. The van der Waals surface area contributed by atoms with Crippen molar-refractivity contribution in [3.63, 3.8) is 0 Å². The molecule has 0 aromatic heterocycles. The first-order valence-electron chi connectivity index (χ1n) is 8.56. The summed E-state index contributed by atoms with van der Waals surface area (Å²) in [4.78, 5) is 12.7. The van der Waals surface area contributed by atoms with Crippen LogP contribution in [0.25, 0.3) is 0 Å². The zero-order valence-corrected chi connectivity index (χ0v) is 17.5. The van der Waals surface area contributed by atoms with Gasteiger partial charge in [0, 0.05) is 22.3 Å². The second kappa shape index (κ2) is 8.68. The molecule has 144 valence electrons. The van der Waals surface area contributed by atoms with Crippen LogP contribution in [0.2, 0.25) is 0 Å². The van der Waals surface area contributed by atoms with E-state index in [9.17, 15) is 13.2 Å². The van der Waals surface area contributed by atoms with E-state index >= 15 is 0 Å². The Morgan fingerprint density at radius 1 is 0.964 bits per heavy atom. The number of nitrogens with one attached hydrogen (secondary N) is 2. The second-order valence-corrected chi connectivity index (χ2v) is 8.93. The number of sulfonamides is 1. The summed E-state index contributed by atoms with van der Waals surface area (Å²) in [7, 11) is -3.75. The first-order valence-corrected chi connectivity index (χ1v) is 10.8. The molecule has 3 aromatic rings. The van der Waals surface area contributed by atoms with Crippen LogP contribution in [0.15, 0.2) is 82.2 Å². The van der Waals surface area contributed by atoms with Crippen molar-refractivity contribution in [2.75, 3.05) is 5.32 Å². The lowest BCUT2D eigenvalue weighted by atomic mass is 10.1. The molecule has 0 spiro atoms. The fourth-order valence-electron chi connectivity index (χ4n) is 2.60. The van der Waals surface area contributed by atoms with Crippen molar-refractivity contribution in [2.45, 2.75) is 18.4 Å². The van der Waals surface area contributed by atoms with Crippen molar-refractivity contribution in [3.8, 4) is 0 Å². The van der Waals surface area contributed by atoms with Crippen LogP contribution in [-0.2, 0) is 16.6 Å². The van der Waals surface area contributed by atoms with Gasteiger partial charge in [-0.1, -0.05) is 52.3 Å². The minimum atomic E-state index is -3.75. The van der Waals surface area contributed by atoms with Gasteiger partial charge in [-0.2, -0.15) is 0 Å². The largest absolute Gasteiger partial charge is 0.322 e. The predicted molar refractivity (Wildman–Crippen MR) is 114 cm³/mol. The first-order chi connectivity index (χ1) is 13.3. The molecular weight excluding hydrogens is 440 g/mol. The average molecular weight is 459 g/mol. The van der Waals surface area contributed by atoms with Gasteiger partial charge in [0.2, 0.25) is 10.0 Å². The smallest absolute Gasteiger partial charge is 0.255 e. The Balaban J connectivity index is 1.79. The van der Waals surface area contributed by atoms with Crippen LogP contribution < -0.4 is 10.0 Å². The molecule has 0 radical (unpaired) electrons. The summed E-state index contributed by atoms with van der Waals surface area (Å²) >= 11 is 3.34. The highest BCUT2D eigenvalue weighted by atomic mass is 79.9. The highest BCUT2D eigenvalue weighted by Gasteiger charge is 2.18. The third kappa shape index (κ3) is 5.07. The number of anilines is 1. The molecule has 3 rings (SSSR count). The Morgan fingerprint density at radius 2 is 1.64 bits per heavy atom. The van der Waals surface area contributed by atoms with E-state index < -0.39 is 10.0 Å². The minimum absolute atomic E-state index is 0.0509. The van der Waals surface area contributed by atoms with Gasteiger partial charge in [0.15, 0.2) is 0 Å². The number of halogens is 1. The molecule has 3 aromatic carbocycles. The van der Waals surface area contributed by atoms with Crippen molar-refractivity contribution >= 4 is 37.5 Å². The number of carbonyl (C=O) groups excluding carboxylic acids is 1. The van der Waals surface area contributed by atoms with E-state index in [0.717, 1.165) is 10.0 Å². The van der Waals surface area contributed by atoms with E-state index in [1.807, 2.05) is 42.5 Å². The predicted octanol–water partition coefficient (Wildman–Crippen LogP) is 4.49. The molecule has 0 saturated heterocycles. The number of benzene rings is 3. The van der Waals surface area contributed by atoms with Gasteiger partial charge in [-0.3, -0.25) is 4.79 Å². The third-order valence-electron chi connectivity index (χ3n) is 4.18. The minimum Gasteiger partial charge on any atom is -0.322 e. The molecule has 0 aliphatic carbocycles. The summed E-state index contributed by atoms with van der Waals surface area (Å²) in [5, 5.41) is 2.79. The van der Waals surface area contributed by atoms with E-state index in [4.69, 9.17) is 0 Å². The summed E-state index contributed by atoms with van der Waals surface area (Å²) in [6, 6.07) is 20.9. The number of rotatable bonds is 6. The highest BCUT2D eigenvalue weighted by molar-refractivity contribution is 9.10. The molecule has 2 N–H and O–H groups in total. The summed E-state index contributed by atoms with van der Waals surface area (Å²) in [5.74, 6) is -0.361. The van der Waals surface area contributed by atoms with E-state index in [1.165, 1.54) is 12.1 Å². The highest BCUT2D eigenvalue weighted by Crippen LogP contribution is 2.19. The Hall–Kier alpha value is -2.48. The third-order valence-corrected chi connectivity index (χ3v) is 6.10. The Morgan fingerprint density at radius 3 is 2.32 bits per heavy atom. The second-order valence-electron chi connectivity index (χ2n) is 6.25. The van der Waals surface area contributed by atoms with E-state index in [2.05, 4.69) is 26.0 Å². The van der Waals surface area contributed by atoms with Crippen molar-refractivity contribution in [1.82, 2.24) is 4.72 Å². The Labute approximate surface area is 173 Å². The zero-order valence-electron chi connectivity index (χ0n) is 15.1. The standard InChI is InChI=1S/C21H19BrN2O3S/c1-15-7-12-19(28(26,27)23-14-16-5-3-2-4-6-16)13-20(15)21(25)24-18-10-8-17(22)9-11-18/h2-13,23H,14H2,1H3,(H,24,25). The van der Waals surface area contributed by atoms with Crippen molar-refractivity contribution in [3.05, 3.63) is 94.0 Å². The normalized spacial score (nSPS) is 11.2. The molecule has 7 heteroatoms. The fourth-order valence-corrected chi connectivity index (χ4v) is 3.91. The molecule has 1 amide bonds.